The van der Waals surface area contributed by atoms with E-state index in [1.54, 1.807) is 0 Å². The van der Waals surface area contributed by atoms with Crippen molar-refractivity contribution in [3.8, 4) is 11.8 Å². The fraction of sp³-hybridized carbons (Fsp3) is 0.160. The van der Waals surface area contributed by atoms with Gasteiger partial charge in [0.05, 0.1) is 24.5 Å². The summed E-state index contributed by atoms with van der Waals surface area (Å²) in [6, 6.07) is 26.6. The Balaban J connectivity index is 1.62. The molecule has 0 spiro atoms. The van der Waals surface area contributed by atoms with E-state index in [2.05, 4.69) is 45.4 Å². The Morgan fingerprint density at radius 3 is 2.42 bits per heavy atom. The van der Waals surface area contributed by atoms with Crippen molar-refractivity contribution in [3.63, 3.8) is 0 Å². The number of fused-ring (bicyclic) bond motifs is 1. The lowest BCUT2D eigenvalue weighted by Gasteiger charge is -2.28. The number of hydrogen-bond acceptors (Lipinski definition) is 5. The van der Waals surface area contributed by atoms with E-state index in [4.69, 9.17) is 4.74 Å². The minimum atomic E-state index is 0.464. The van der Waals surface area contributed by atoms with E-state index in [1.165, 1.54) is 5.39 Å². The first-order valence-electron chi connectivity index (χ1n) is 10.3. The third kappa shape index (κ3) is 3.79. The quantitative estimate of drug-likeness (QED) is 0.471. The van der Waals surface area contributed by atoms with Crippen LogP contribution in [-0.2, 0) is 4.74 Å². The summed E-state index contributed by atoms with van der Waals surface area (Å²) in [6.45, 7) is 2.77. The molecule has 6 nitrogen and oxygen atoms in total. The SMILES string of the molecule is N#C/C(=C\c1ccc2ccccc2c1)c1nnc(N2CCOCC2)n1-c1ccccc1. The van der Waals surface area contributed by atoms with E-state index in [1.807, 2.05) is 59.2 Å². The van der Waals surface area contributed by atoms with Crippen molar-refractivity contribution in [3.05, 3.63) is 84.2 Å². The lowest BCUT2D eigenvalue weighted by atomic mass is 10.0. The molecular formula is C25H21N5O. The van der Waals surface area contributed by atoms with Crippen molar-refractivity contribution in [2.45, 2.75) is 0 Å². The van der Waals surface area contributed by atoms with Crippen LogP contribution >= 0.6 is 0 Å². The molecule has 0 unspecified atom stereocenters. The van der Waals surface area contributed by atoms with Gasteiger partial charge in [0.1, 0.15) is 6.07 Å². The second kappa shape index (κ2) is 8.42. The van der Waals surface area contributed by atoms with Gasteiger partial charge in [-0.25, -0.2) is 0 Å². The van der Waals surface area contributed by atoms with Gasteiger partial charge in [0.2, 0.25) is 5.95 Å². The molecule has 0 N–H and O–H groups in total. The van der Waals surface area contributed by atoms with Gasteiger partial charge in [-0.05, 0) is 40.6 Å². The molecule has 2 heterocycles. The predicted octanol–water partition coefficient (Wildman–Crippen LogP) is 4.32. The molecular weight excluding hydrogens is 386 g/mol. The van der Waals surface area contributed by atoms with Crippen LogP contribution in [0.3, 0.4) is 0 Å². The predicted molar refractivity (Wildman–Crippen MR) is 122 cm³/mol. The van der Waals surface area contributed by atoms with Gasteiger partial charge in [0.15, 0.2) is 5.82 Å². The number of para-hydroxylation sites is 1. The Morgan fingerprint density at radius 2 is 1.65 bits per heavy atom. The van der Waals surface area contributed by atoms with Crippen molar-refractivity contribution in [2.75, 3.05) is 31.2 Å². The summed E-state index contributed by atoms with van der Waals surface area (Å²) in [7, 11) is 0. The summed E-state index contributed by atoms with van der Waals surface area (Å²) in [5.74, 6) is 1.26. The maximum absolute atomic E-state index is 10.0. The summed E-state index contributed by atoms with van der Waals surface area (Å²) in [4.78, 5) is 2.15. The molecule has 152 valence electrons. The molecule has 0 saturated carbocycles. The highest BCUT2D eigenvalue weighted by Crippen LogP contribution is 2.27. The molecule has 0 radical (unpaired) electrons. The van der Waals surface area contributed by atoms with Gasteiger partial charge in [-0.15, -0.1) is 10.2 Å². The van der Waals surface area contributed by atoms with Crippen LogP contribution in [0.1, 0.15) is 11.4 Å². The number of allylic oxidation sites excluding steroid dienone is 1. The number of nitriles is 1. The van der Waals surface area contributed by atoms with E-state index in [0.717, 1.165) is 35.7 Å². The zero-order valence-corrected chi connectivity index (χ0v) is 17.0. The number of benzene rings is 3. The molecule has 5 rings (SSSR count). The normalized spacial score (nSPS) is 14.5. The van der Waals surface area contributed by atoms with Gasteiger partial charge >= 0.3 is 0 Å². The Bertz CT molecular complexity index is 1280. The number of anilines is 1. The van der Waals surface area contributed by atoms with Gasteiger partial charge in [-0.1, -0.05) is 54.6 Å². The van der Waals surface area contributed by atoms with E-state index < -0.39 is 0 Å². The molecule has 1 fully saturated rings. The molecule has 0 bridgehead atoms. The molecule has 6 heteroatoms. The van der Waals surface area contributed by atoms with Crippen molar-refractivity contribution in [1.82, 2.24) is 14.8 Å². The molecule has 0 aliphatic carbocycles. The molecule has 4 aromatic rings. The van der Waals surface area contributed by atoms with E-state index in [0.29, 0.717) is 24.6 Å². The number of aromatic nitrogens is 3. The van der Waals surface area contributed by atoms with Crippen molar-refractivity contribution in [1.29, 1.82) is 5.26 Å². The summed E-state index contributed by atoms with van der Waals surface area (Å²) in [5, 5.41) is 21.2. The van der Waals surface area contributed by atoms with E-state index >= 15 is 0 Å². The van der Waals surface area contributed by atoms with Crippen molar-refractivity contribution in [2.24, 2.45) is 0 Å². The van der Waals surface area contributed by atoms with Crippen LogP contribution in [0.4, 0.5) is 5.95 Å². The van der Waals surface area contributed by atoms with Gasteiger partial charge in [0.25, 0.3) is 0 Å². The fourth-order valence-electron chi connectivity index (χ4n) is 3.84. The largest absolute Gasteiger partial charge is 0.378 e. The standard InChI is InChI=1S/C25H21N5O/c26-18-22(17-19-10-11-20-6-4-5-7-21(20)16-19)24-27-28-25(29-12-14-31-15-13-29)30(24)23-8-2-1-3-9-23/h1-11,16-17H,12-15H2/b22-17+. The molecule has 3 aromatic carbocycles. The highest BCUT2D eigenvalue weighted by atomic mass is 16.5. The van der Waals surface area contributed by atoms with Crippen LogP contribution in [0.15, 0.2) is 72.8 Å². The maximum Gasteiger partial charge on any atom is 0.232 e. The van der Waals surface area contributed by atoms with E-state index in [9.17, 15) is 5.26 Å². The van der Waals surface area contributed by atoms with Gasteiger partial charge < -0.3 is 9.64 Å². The third-order valence-electron chi connectivity index (χ3n) is 5.40. The topological polar surface area (TPSA) is 67.0 Å². The summed E-state index contributed by atoms with van der Waals surface area (Å²) < 4.78 is 7.45. The molecule has 1 aliphatic heterocycles. The monoisotopic (exact) mass is 407 g/mol. The third-order valence-corrected chi connectivity index (χ3v) is 5.40. The van der Waals surface area contributed by atoms with Crippen molar-refractivity contribution < 1.29 is 4.74 Å². The van der Waals surface area contributed by atoms with Crippen LogP contribution in [0.25, 0.3) is 28.1 Å². The number of rotatable bonds is 4. The Hall–Kier alpha value is -3.95. The zero-order valence-electron chi connectivity index (χ0n) is 17.0. The first-order chi connectivity index (χ1) is 15.3. The average molecular weight is 407 g/mol. The average Bonchev–Trinajstić information content (AvgIpc) is 3.28. The molecule has 1 aromatic heterocycles. The van der Waals surface area contributed by atoms with Gasteiger partial charge in [-0.2, -0.15) is 5.26 Å². The maximum atomic E-state index is 10.0. The number of ether oxygens (including phenoxy) is 1. The van der Waals surface area contributed by atoms with Crippen LogP contribution in [0, 0.1) is 11.3 Å². The first kappa shape index (κ1) is 19.0. The van der Waals surface area contributed by atoms with Crippen LogP contribution < -0.4 is 4.90 Å². The van der Waals surface area contributed by atoms with E-state index in [-0.39, 0.29) is 0 Å². The Labute approximate surface area is 180 Å². The zero-order chi connectivity index (χ0) is 21.0. The minimum Gasteiger partial charge on any atom is -0.378 e. The van der Waals surface area contributed by atoms with Crippen LogP contribution in [0.2, 0.25) is 0 Å². The minimum absolute atomic E-state index is 0.464. The summed E-state index contributed by atoms with van der Waals surface area (Å²) in [5.41, 5.74) is 2.33. The molecule has 0 atom stereocenters. The summed E-state index contributed by atoms with van der Waals surface area (Å²) >= 11 is 0. The van der Waals surface area contributed by atoms with Crippen LogP contribution in [-0.4, -0.2) is 41.1 Å². The molecule has 1 aliphatic rings. The highest BCUT2D eigenvalue weighted by molar-refractivity contribution is 5.91. The number of hydrogen-bond donors (Lipinski definition) is 0. The van der Waals surface area contributed by atoms with Crippen molar-refractivity contribution >= 4 is 28.4 Å². The molecule has 31 heavy (non-hydrogen) atoms. The smallest absolute Gasteiger partial charge is 0.232 e. The second-order valence-corrected chi connectivity index (χ2v) is 7.37. The lowest BCUT2D eigenvalue weighted by Crippen LogP contribution is -2.38. The fourth-order valence-corrected chi connectivity index (χ4v) is 3.84. The molecule has 1 saturated heterocycles. The van der Waals surface area contributed by atoms with Crippen LogP contribution in [0.5, 0.6) is 0 Å². The Morgan fingerprint density at radius 1 is 0.903 bits per heavy atom. The highest BCUT2D eigenvalue weighted by Gasteiger charge is 2.23. The molecule has 0 amide bonds. The Kier molecular flexibility index (Phi) is 5.17. The van der Waals surface area contributed by atoms with Gasteiger partial charge in [0, 0.05) is 13.1 Å². The summed E-state index contributed by atoms with van der Waals surface area (Å²) in [6.07, 6.45) is 1.87. The second-order valence-electron chi connectivity index (χ2n) is 7.37. The lowest BCUT2D eigenvalue weighted by molar-refractivity contribution is 0.122. The first-order valence-corrected chi connectivity index (χ1v) is 10.3. The number of morpholine rings is 1. The van der Waals surface area contributed by atoms with Gasteiger partial charge in [-0.3, -0.25) is 4.57 Å². The number of nitrogens with zero attached hydrogens (tertiary/aromatic N) is 5.